The summed E-state index contributed by atoms with van der Waals surface area (Å²) in [5.41, 5.74) is 2.47. The van der Waals surface area contributed by atoms with Crippen molar-refractivity contribution < 1.29 is 19.1 Å². The standard InChI is InChI=1S/C28H48O4Si3/c1-23(33(3,4)21-13-17-25-15-9-11-19-27(25)29)32-35(7,8)24(2)31-34(5,6)22-14-18-26-16-10-12-20-28(26)30/h9-12,15-16,19-20,23-24,29-30H,13-14,17-18,21-22H2,1-8H3. The number of benzene rings is 2. The van der Waals surface area contributed by atoms with Gasteiger partial charge in [0.05, 0.1) is 13.8 Å². The fraction of sp³-hybridized carbons (Fsp3) is 0.571. The smallest absolute Gasteiger partial charge is 0.213 e. The second-order valence-corrected chi connectivity index (χ2v) is 25.6. The van der Waals surface area contributed by atoms with E-state index < -0.39 is 24.7 Å². The van der Waals surface area contributed by atoms with Gasteiger partial charge in [0, 0.05) is 5.73 Å². The number of phenolic OH excluding ortho intramolecular Hbond substituents is 2. The Morgan fingerprint density at radius 2 is 1.11 bits per heavy atom. The summed E-state index contributed by atoms with van der Waals surface area (Å²) in [6.07, 6.45) is 3.90. The minimum Gasteiger partial charge on any atom is -0.508 e. The van der Waals surface area contributed by atoms with Crippen LogP contribution in [0.25, 0.3) is 0 Å². The van der Waals surface area contributed by atoms with Crippen LogP contribution in [-0.4, -0.2) is 46.4 Å². The molecule has 2 N–H and O–H groups in total. The lowest BCUT2D eigenvalue weighted by molar-refractivity contribution is 0.204. The molecule has 4 nitrogen and oxygen atoms in total. The first-order valence-electron chi connectivity index (χ1n) is 13.1. The maximum absolute atomic E-state index is 10.1. The second-order valence-electron chi connectivity index (χ2n) is 11.8. The van der Waals surface area contributed by atoms with Crippen LogP contribution in [-0.2, 0) is 21.7 Å². The Morgan fingerprint density at radius 1 is 0.657 bits per heavy atom. The number of hydrogen-bond donors (Lipinski definition) is 2. The third-order valence-corrected chi connectivity index (χ3v) is 17.6. The first kappa shape index (κ1) is 29.8. The molecule has 35 heavy (non-hydrogen) atoms. The molecule has 0 heterocycles. The molecular weight excluding hydrogens is 485 g/mol. The number of para-hydroxylation sites is 2. The van der Waals surface area contributed by atoms with E-state index in [-0.39, 0.29) is 11.5 Å². The molecule has 0 aliphatic rings. The number of hydrogen-bond acceptors (Lipinski definition) is 4. The van der Waals surface area contributed by atoms with Crippen molar-refractivity contribution in [1.29, 1.82) is 0 Å². The van der Waals surface area contributed by atoms with Crippen molar-refractivity contribution >= 4 is 24.7 Å². The van der Waals surface area contributed by atoms with Crippen molar-refractivity contribution in [3.63, 3.8) is 0 Å². The van der Waals surface area contributed by atoms with Crippen molar-refractivity contribution in [1.82, 2.24) is 0 Å². The lowest BCUT2D eigenvalue weighted by Gasteiger charge is -2.41. The molecule has 0 aliphatic carbocycles. The molecule has 2 rings (SSSR count). The summed E-state index contributed by atoms with van der Waals surface area (Å²) in [6.45, 7) is 18.5. The van der Waals surface area contributed by atoms with E-state index in [1.54, 1.807) is 12.1 Å². The fourth-order valence-corrected chi connectivity index (χ4v) is 13.5. The molecule has 0 bridgehead atoms. The van der Waals surface area contributed by atoms with Crippen molar-refractivity contribution in [3.8, 4) is 11.5 Å². The molecule has 0 fully saturated rings. The third-order valence-electron chi connectivity index (χ3n) is 7.53. The largest absolute Gasteiger partial charge is 0.508 e. The molecular formula is C28H48O4Si3. The number of aryl methyl sites for hydroxylation is 2. The normalized spacial score (nSPS) is 14.6. The minimum absolute atomic E-state index is 0.141. The Morgan fingerprint density at radius 3 is 1.60 bits per heavy atom. The lowest BCUT2D eigenvalue weighted by Crippen LogP contribution is -2.55. The maximum Gasteiger partial charge on any atom is 0.213 e. The van der Waals surface area contributed by atoms with Crippen molar-refractivity contribution in [2.75, 3.05) is 0 Å². The molecule has 2 atom stereocenters. The summed E-state index contributed by atoms with van der Waals surface area (Å²) in [6, 6.07) is 17.5. The SMILES string of the molecule is CC(O[Si](C)(C)C(C)O[Si](C)(C)CCCc1ccccc1O)[Si](C)(C)CCCc1ccccc1O. The number of aromatic hydroxyl groups is 2. The molecule has 2 unspecified atom stereocenters. The van der Waals surface area contributed by atoms with Crippen LogP contribution in [0.2, 0.25) is 51.4 Å². The fourth-order valence-electron chi connectivity index (χ4n) is 4.48. The molecule has 0 saturated carbocycles. The highest BCUT2D eigenvalue weighted by molar-refractivity contribution is 6.81. The summed E-state index contributed by atoms with van der Waals surface area (Å²) in [7, 11) is -5.49. The van der Waals surface area contributed by atoms with E-state index in [0.717, 1.165) is 42.9 Å². The van der Waals surface area contributed by atoms with Gasteiger partial charge in [-0.1, -0.05) is 62.0 Å². The van der Waals surface area contributed by atoms with Crippen LogP contribution in [0.15, 0.2) is 48.5 Å². The number of phenols is 2. The molecule has 2 aromatic carbocycles. The van der Waals surface area contributed by atoms with Gasteiger partial charge in [0.2, 0.25) is 8.32 Å². The molecule has 0 aromatic heterocycles. The Labute approximate surface area is 217 Å². The Kier molecular flexibility index (Phi) is 10.8. The maximum atomic E-state index is 10.1. The summed E-state index contributed by atoms with van der Waals surface area (Å²) in [4.78, 5) is 0. The van der Waals surface area contributed by atoms with Crippen LogP contribution in [0.1, 0.15) is 37.8 Å². The van der Waals surface area contributed by atoms with E-state index in [9.17, 15) is 10.2 Å². The highest BCUT2D eigenvalue weighted by Gasteiger charge is 2.40. The monoisotopic (exact) mass is 532 g/mol. The van der Waals surface area contributed by atoms with Gasteiger partial charge >= 0.3 is 0 Å². The zero-order valence-corrected chi connectivity index (χ0v) is 26.2. The van der Waals surface area contributed by atoms with E-state index in [2.05, 4.69) is 53.1 Å². The van der Waals surface area contributed by atoms with Crippen molar-refractivity contribution in [3.05, 3.63) is 59.7 Å². The molecule has 196 valence electrons. The summed E-state index contributed by atoms with van der Waals surface area (Å²) >= 11 is 0. The van der Waals surface area contributed by atoms with Crippen LogP contribution in [0, 0.1) is 0 Å². The average molecular weight is 533 g/mol. The van der Waals surface area contributed by atoms with Crippen LogP contribution in [0.3, 0.4) is 0 Å². The summed E-state index contributed by atoms with van der Waals surface area (Å²) in [5.74, 6) is 0.799. The van der Waals surface area contributed by atoms with E-state index in [4.69, 9.17) is 8.85 Å². The van der Waals surface area contributed by atoms with Crippen molar-refractivity contribution in [2.45, 2.75) is 102 Å². The lowest BCUT2D eigenvalue weighted by atomic mass is 10.1. The van der Waals surface area contributed by atoms with Gasteiger partial charge in [-0.05, 0) is 88.6 Å². The van der Waals surface area contributed by atoms with E-state index >= 15 is 0 Å². The van der Waals surface area contributed by atoms with Gasteiger partial charge in [0.25, 0.3) is 0 Å². The summed E-state index contributed by atoms with van der Waals surface area (Å²) < 4.78 is 13.6. The van der Waals surface area contributed by atoms with Crippen LogP contribution < -0.4 is 0 Å². The molecule has 0 aliphatic heterocycles. The van der Waals surface area contributed by atoms with Crippen LogP contribution in [0.4, 0.5) is 0 Å². The molecule has 2 aromatic rings. The summed E-state index contributed by atoms with van der Waals surface area (Å²) in [5, 5.41) is 20.1. The zero-order valence-electron chi connectivity index (χ0n) is 23.2. The molecule has 0 radical (unpaired) electrons. The predicted octanol–water partition coefficient (Wildman–Crippen LogP) is 7.67. The van der Waals surface area contributed by atoms with E-state index in [0.29, 0.717) is 11.5 Å². The first-order chi connectivity index (χ1) is 16.2. The van der Waals surface area contributed by atoms with Gasteiger partial charge in [-0.3, -0.25) is 0 Å². The van der Waals surface area contributed by atoms with Gasteiger partial charge in [-0.15, -0.1) is 0 Å². The zero-order chi connectivity index (χ0) is 26.3. The van der Waals surface area contributed by atoms with Gasteiger partial charge in [0.15, 0.2) is 8.32 Å². The molecule has 0 spiro atoms. The first-order valence-corrected chi connectivity index (χ1v) is 22.5. The van der Waals surface area contributed by atoms with E-state index in [1.165, 1.54) is 6.04 Å². The van der Waals surface area contributed by atoms with Crippen molar-refractivity contribution in [2.24, 2.45) is 0 Å². The third kappa shape index (κ3) is 9.53. The average Bonchev–Trinajstić information content (AvgIpc) is 2.75. The van der Waals surface area contributed by atoms with Gasteiger partial charge in [0.1, 0.15) is 11.5 Å². The minimum atomic E-state index is -2.05. The Balaban J connectivity index is 1.85. The van der Waals surface area contributed by atoms with Gasteiger partial charge < -0.3 is 19.1 Å². The second kappa shape index (κ2) is 12.7. The topological polar surface area (TPSA) is 58.9 Å². The van der Waals surface area contributed by atoms with Crippen LogP contribution >= 0.6 is 0 Å². The van der Waals surface area contributed by atoms with Gasteiger partial charge in [-0.2, -0.15) is 0 Å². The molecule has 7 heteroatoms. The quantitative estimate of drug-likeness (QED) is 0.245. The molecule has 0 saturated heterocycles. The molecule has 0 amide bonds. The number of rotatable bonds is 14. The highest BCUT2D eigenvalue weighted by Crippen LogP contribution is 2.29. The van der Waals surface area contributed by atoms with Gasteiger partial charge in [-0.25, -0.2) is 0 Å². The van der Waals surface area contributed by atoms with E-state index in [1.807, 2.05) is 36.4 Å². The van der Waals surface area contributed by atoms with Crippen LogP contribution in [0.5, 0.6) is 11.5 Å². The Hall–Kier alpha value is -1.39. The highest BCUT2D eigenvalue weighted by atomic mass is 28.4. The predicted molar refractivity (Wildman–Crippen MR) is 156 cm³/mol. The Bertz CT molecular complexity index is 930.